The second-order valence-electron chi connectivity index (χ2n) is 4.16. The number of amides is 1. The summed E-state index contributed by atoms with van der Waals surface area (Å²) in [6.45, 7) is 2.91. The van der Waals surface area contributed by atoms with Gasteiger partial charge in [0.05, 0.1) is 12.6 Å². The van der Waals surface area contributed by atoms with Crippen LogP contribution in [0.3, 0.4) is 0 Å². The van der Waals surface area contributed by atoms with Crippen LogP contribution in [0, 0.1) is 0 Å². The lowest BCUT2D eigenvalue weighted by molar-refractivity contribution is -0.137. The number of thiophene rings is 1. The van der Waals surface area contributed by atoms with Crippen LogP contribution < -0.4 is 0 Å². The topological polar surface area (TPSA) is 57.7 Å². The number of carbonyl (C=O) groups excluding carboxylic acids is 1. The minimum atomic E-state index is -3.43. The molecule has 0 spiro atoms. The van der Waals surface area contributed by atoms with Crippen LogP contribution in [0.15, 0.2) is 15.7 Å². The standard InChI is InChI=1S/C10H12N2O3S2/c1-2-12-8-5-11(6-9(12)13)17(14,15)10-7(8)3-4-16-10/h3-4,8H,2,5-6H2,1H3. The van der Waals surface area contributed by atoms with Crippen LogP contribution in [-0.4, -0.2) is 43.2 Å². The summed E-state index contributed by atoms with van der Waals surface area (Å²) in [4.78, 5) is 13.6. The second-order valence-corrected chi connectivity index (χ2v) is 7.21. The molecule has 2 aliphatic heterocycles. The van der Waals surface area contributed by atoms with Crippen LogP contribution in [0.2, 0.25) is 0 Å². The van der Waals surface area contributed by atoms with E-state index in [9.17, 15) is 13.2 Å². The number of piperazine rings is 1. The van der Waals surface area contributed by atoms with Gasteiger partial charge in [0, 0.05) is 18.7 Å². The number of likely N-dealkylation sites (N-methyl/N-ethyl adjacent to an activating group) is 1. The van der Waals surface area contributed by atoms with E-state index in [2.05, 4.69) is 0 Å². The Labute approximate surface area is 104 Å². The van der Waals surface area contributed by atoms with Gasteiger partial charge in [-0.2, -0.15) is 4.31 Å². The summed E-state index contributed by atoms with van der Waals surface area (Å²) in [5.74, 6) is -0.107. The molecule has 1 fully saturated rings. The monoisotopic (exact) mass is 272 g/mol. The molecule has 92 valence electrons. The predicted octanol–water partition coefficient (Wildman–Crippen LogP) is 0.656. The van der Waals surface area contributed by atoms with Gasteiger partial charge in [0.25, 0.3) is 10.0 Å². The minimum absolute atomic E-state index is 0.0238. The predicted molar refractivity (Wildman–Crippen MR) is 63.2 cm³/mol. The Hall–Kier alpha value is -0.920. The van der Waals surface area contributed by atoms with Crippen molar-refractivity contribution in [1.82, 2.24) is 9.21 Å². The van der Waals surface area contributed by atoms with Gasteiger partial charge in [0.1, 0.15) is 4.21 Å². The number of sulfonamides is 1. The van der Waals surface area contributed by atoms with Crippen LogP contribution >= 0.6 is 11.3 Å². The van der Waals surface area contributed by atoms with E-state index >= 15 is 0 Å². The Morgan fingerprint density at radius 2 is 2.29 bits per heavy atom. The highest BCUT2D eigenvalue weighted by atomic mass is 32.2. The van der Waals surface area contributed by atoms with Crippen molar-refractivity contribution in [2.45, 2.75) is 17.2 Å². The van der Waals surface area contributed by atoms with E-state index in [1.54, 1.807) is 10.3 Å². The molecule has 7 heteroatoms. The Balaban J connectivity index is 2.20. The van der Waals surface area contributed by atoms with Crippen molar-refractivity contribution in [1.29, 1.82) is 0 Å². The summed E-state index contributed by atoms with van der Waals surface area (Å²) in [6, 6.07) is 1.71. The van der Waals surface area contributed by atoms with Gasteiger partial charge < -0.3 is 4.90 Å². The fourth-order valence-electron chi connectivity index (χ4n) is 2.50. The number of carbonyl (C=O) groups is 1. The summed E-state index contributed by atoms with van der Waals surface area (Å²) < 4.78 is 26.1. The Bertz CT molecular complexity index is 578. The second kappa shape index (κ2) is 3.54. The van der Waals surface area contributed by atoms with Crippen molar-refractivity contribution in [3.63, 3.8) is 0 Å². The summed E-state index contributed by atoms with van der Waals surface area (Å²) >= 11 is 1.24. The lowest BCUT2D eigenvalue weighted by atomic mass is 10.1. The molecule has 0 radical (unpaired) electrons. The van der Waals surface area contributed by atoms with Gasteiger partial charge in [0.2, 0.25) is 5.91 Å². The maximum Gasteiger partial charge on any atom is 0.253 e. The molecule has 1 aromatic heterocycles. The molecule has 3 heterocycles. The molecule has 2 atom stereocenters. The molecule has 17 heavy (non-hydrogen) atoms. The Morgan fingerprint density at radius 3 is 3.00 bits per heavy atom. The van der Waals surface area contributed by atoms with Gasteiger partial charge in [-0.25, -0.2) is 8.42 Å². The molecule has 5 nitrogen and oxygen atoms in total. The number of hydrogen-bond donors (Lipinski definition) is 0. The molecule has 1 aromatic rings. The van der Waals surface area contributed by atoms with Crippen LogP contribution in [0.1, 0.15) is 18.5 Å². The van der Waals surface area contributed by atoms with E-state index in [0.29, 0.717) is 17.3 Å². The van der Waals surface area contributed by atoms with Gasteiger partial charge in [-0.05, 0) is 18.4 Å². The van der Waals surface area contributed by atoms with Crippen LogP contribution in [0.5, 0.6) is 0 Å². The van der Waals surface area contributed by atoms with Gasteiger partial charge in [-0.1, -0.05) is 0 Å². The van der Waals surface area contributed by atoms with E-state index in [0.717, 1.165) is 5.56 Å². The number of rotatable bonds is 1. The quantitative estimate of drug-likeness (QED) is 0.754. The van der Waals surface area contributed by atoms with Crippen molar-refractivity contribution < 1.29 is 13.2 Å². The maximum atomic E-state index is 12.2. The molecule has 0 N–H and O–H groups in total. The molecule has 2 aliphatic rings. The summed E-state index contributed by atoms with van der Waals surface area (Å²) in [5, 5.41) is 1.78. The van der Waals surface area contributed by atoms with Crippen molar-refractivity contribution in [2.75, 3.05) is 19.6 Å². The lowest BCUT2D eigenvalue weighted by Gasteiger charge is -2.43. The molecule has 1 amide bonds. The highest BCUT2D eigenvalue weighted by molar-refractivity contribution is 7.91. The maximum absolute atomic E-state index is 12.2. The number of nitrogens with zero attached hydrogens (tertiary/aromatic N) is 2. The van der Waals surface area contributed by atoms with Crippen LogP contribution in [0.4, 0.5) is 0 Å². The molecule has 0 aromatic carbocycles. The number of fused-ring (bicyclic) bond motifs is 4. The third-order valence-corrected chi connectivity index (χ3v) is 6.62. The highest BCUT2D eigenvalue weighted by Gasteiger charge is 2.45. The van der Waals surface area contributed by atoms with Crippen molar-refractivity contribution in [2.24, 2.45) is 0 Å². The largest absolute Gasteiger partial charge is 0.333 e. The third kappa shape index (κ3) is 1.39. The highest BCUT2D eigenvalue weighted by Crippen LogP contribution is 2.41. The van der Waals surface area contributed by atoms with Crippen LogP contribution in [0.25, 0.3) is 0 Å². The van der Waals surface area contributed by atoms with Crippen molar-refractivity contribution >= 4 is 27.3 Å². The molecule has 2 unspecified atom stereocenters. The van der Waals surface area contributed by atoms with Crippen molar-refractivity contribution in [3.8, 4) is 0 Å². The third-order valence-electron chi connectivity index (χ3n) is 3.32. The van der Waals surface area contributed by atoms with E-state index in [1.807, 2.05) is 13.0 Å². The van der Waals surface area contributed by atoms with E-state index in [-0.39, 0.29) is 18.5 Å². The average molecular weight is 272 g/mol. The van der Waals surface area contributed by atoms with Gasteiger partial charge in [-0.3, -0.25) is 4.79 Å². The Morgan fingerprint density at radius 1 is 1.53 bits per heavy atom. The van der Waals surface area contributed by atoms with Crippen LogP contribution in [-0.2, 0) is 14.8 Å². The molecule has 3 rings (SSSR count). The first-order valence-corrected chi connectivity index (χ1v) is 7.74. The molecule has 0 saturated carbocycles. The fraction of sp³-hybridized carbons (Fsp3) is 0.500. The zero-order valence-corrected chi connectivity index (χ0v) is 10.9. The SMILES string of the molecule is CCN1C(=O)CN2CC1c1ccsc1S2(=O)=O. The van der Waals surface area contributed by atoms with Gasteiger partial charge in [-0.15, -0.1) is 11.3 Å². The van der Waals surface area contributed by atoms with E-state index < -0.39 is 10.0 Å². The van der Waals surface area contributed by atoms with Gasteiger partial charge in [0.15, 0.2) is 0 Å². The van der Waals surface area contributed by atoms with Crippen molar-refractivity contribution in [3.05, 3.63) is 17.0 Å². The summed E-state index contributed by atoms with van der Waals surface area (Å²) in [7, 11) is -3.43. The minimum Gasteiger partial charge on any atom is -0.333 e. The zero-order chi connectivity index (χ0) is 12.2. The van der Waals surface area contributed by atoms with E-state index in [1.165, 1.54) is 15.6 Å². The summed E-state index contributed by atoms with van der Waals surface area (Å²) in [5.41, 5.74) is 0.779. The first-order chi connectivity index (χ1) is 8.05. The summed E-state index contributed by atoms with van der Waals surface area (Å²) in [6.07, 6.45) is 0. The normalized spacial score (nSPS) is 30.2. The van der Waals surface area contributed by atoms with E-state index in [4.69, 9.17) is 0 Å². The molecule has 1 saturated heterocycles. The lowest BCUT2D eigenvalue weighted by Crippen LogP contribution is -2.56. The first-order valence-electron chi connectivity index (χ1n) is 5.42. The fourth-order valence-corrected chi connectivity index (χ4v) is 5.50. The molecular weight excluding hydrogens is 260 g/mol. The molecular formula is C10H12N2O3S2. The van der Waals surface area contributed by atoms with Gasteiger partial charge >= 0.3 is 0 Å². The molecule has 0 aliphatic carbocycles. The average Bonchev–Trinajstić information content (AvgIpc) is 2.76. The molecule has 2 bridgehead atoms. The zero-order valence-electron chi connectivity index (χ0n) is 9.29. The number of hydrogen-bond acceptors (Lipinski definition) is 4. The first kappa shape index (κ1) is 11.2. The Kier molecular flexibility index (Phi) is 2.33. The smallest absolute Gasteiger partial charge is 0.253 e.